The predicted molar refractivity (Wildman–Crippen MR) is 133 cm³/mol. The number of pyridine rings is 1. The molecule has 4 heterocycles. The first-order valence-electron chi connectivity index (χ1n) is 12.3. The molecule has 1 saturated carbocycles. The number of hydrogen-bond donors (Lipinski definition) is 0. The van der Waals surface area contributed by atoms with E-state index < -0.39 is 0 Å². The van der Waals surface area contributed by atoms with E-state index in [0.29, 0.717) is 37.3 Å². The van der Waals surface area contributed by atoms with Crippen LogP contribution in [0, 0.1) is 6.92 Å². The Balaban J connectivity index is 1.13. The molecule has 6 rings (SSSR count). The van der Waals surface area contributed by atoms with Gasteiger partial charge in [0, 0.05) is 50.4 Å². The number of carbonyl (C=O) groups is 1. The second-order valence-electron chi connectivity index (χ2n) is 9.59. The molecule has 1 aromatic carbocycles. The van der Waals surface area contributed by atoms with Crippen molar-refractivity contribution in [3.63, 3.8) is 0 Å². The highest BCUT2D eigenvalue weighted by Gasteiger charge is 2.31. The summed E-state index contributed by atoms with van der Waals surface area (Å²) in [4.78, 5) is 27.2. The summed E-state index contributed by atoms with van der Waals surface area (Å²) in [5.41, 5.74) is 4.25. The summed E-state index contributed by atoms with van der Waals surface area (Å²) in [6.45, 7) is 5.25. The van der Waals surface area contributed by atoms with Gasteiger partial charge in [0.2, 0.25) is 11.7 Å². The minimum absolute atomic E-state index is 0.0552. The highest BCUT2D eigenvalue weighted by atomic mass is 16.5. The number of benzene rings is 1. The molecule has 0 unspecified atom stereocenters. The number of rotatable bonds is 6. The monoisotopic (exact) mass is 487 g/mol. The lowest BCUT2D eigenvalue weighted by Crippen LogP contribution is -2.48. The Morgan fingerprint density at radius 1 is 1.11 bits per heavy atom. The van der Waals surface area contributed by atoms with Crippen LogP contribution in [-0.2, 0) is 13.6 Å². The minimum atomic E-state index is 0.0552. The zero-order valence-corrected chi connectivity index (χ0v) is 20.8. The highest BCUT2D eigenvalue weighted by molar-refractivity contribution is 6.06. The van der Waals surface area contributed by atoms with Crippen LogP contribution in [0.15, 0.2) is 34.9 Å². The summed E-state index contributed by atoms with van der Waals surface area (Å²) in [7, 11) is 3.53. The Morgan fingerprint density at radius 2 is 1.86 bits per heavy atom. The summed E-state index contributed by atoms with van der Waals surface area (Å²) in [5, 5.41) is 9.53. The Morgan fingerprint density at radius 3 is 2.56 bits per heavy atom. The zero-order chi connectivity index (χ0) is 24.8. The molecule has 10 heteroatoms. The molecule has 0 spiro atoms. The summed E-state index contributed by atoms with van der Waals surface area (Å²) in [6.07, 6.45) is 2.27. The quantitative estimate of drug-likeness (QED) is 0.409. The van der Waals surface area contributed by atoms with Crippen LogP contribution in [0.1, 0.15) is 46.4 Å². The fourth-order valence-electron chi connectivity index (χ4n) is 4.87. The first kappa shape index (κ1) is 22.7. The molecule has 0 radical (unpaired) electrons. The smallest absolute Gasteiger partial charge is 0.254 e. The topological polar surface area (TPSA) is 102 Å². The fraction of sp³-hybridized carbons (Fsp3) is 0.423. The number of amides is 1. The summed E-state index contributed by atoms with van der Waals surface area (Å²) >= 11 is 0. The minimum Gasteiger partial charge on any atom is -0.497 e. The van der Waals surface area contributed by atoms with Gasteiger partial charge in [-0.25, -0.2) is 4.98 Å². The van der Waals surface area contributed by atoms with Crippen molar-refractivity contribution in [1.82, 2.24) is 34.7 Å². The van der Waals surface area contributed by atoms with Crippen molar-refractivity contribution in [2.24, 2.45) is 7.05 Å². The summed E-state index contributed by atoms with van der Waals surface area (Å²) < 4.78 is 12.5. The second kappa shape index (κ2) is 9.02. The maximum atomic E-state index is 13.6. The number of methoxy groups -OCH3 is 1. The van der Waals surface area contributed by atoms with Crippen LogP contribution in [0.25, 0.3) is 22.4 Å². The van der Waals surface area contributed by atoms with Gasteiger partial charge in [-0.3, -0.25) is 14.4 Å². The molecule has 0 atom stereocenters. The number of piperazine rings is 1. The molecule has 1 aliphatic heterocycles. The van der Waals surface area contributed by atoms with Gasteiger partial charge in [-0.2, -0.15) is 10.1 Å². The molecule has 2 fully saturated rings. The highest BCUT2D eigenvalue weighted by Crippen LogP contribution is 2.40. The molecule has 2 aliphatic rings. The number of carbonyl (C=O) groups excluding carboxylic acids is 1. The third-order valence-corrected chi connectivity index (χ3v) is 7.05. The molecule has 1 amide bonds. The maximum absolute atomic E-state index is 13.6. The van der Waals surface area contributed by atoms with Crippen molar-refractivity contribution in [1.29, 1.82) is 0 Å². The average molecular weight is 488 g/mol. The van der Waals surface area contributed by atoms with E-state index in [1.165, 1.54) is 0 Å². The number of aromatic nitrogens is 5. The van der Waals surface area contributed by atoms with Gasteiger partial charge in [0.05, 0.1) is 30.3 Å². The number of ether oxygens (including phenoxy) is 1. The van der Waals surface area contributed by atoms with Crippen LogP contribution in [0.3, 0.4) is 0 Å². The van der Waals surface area contributed by atoms with E-state index in [-0.39, 0.29) is 5.91 Å². The van der Waals surface area contributed by atoms with Gasteiger partial charge in [-0.1, -0.05) is 5.16 Å². The second-order valence-corrected chi connectivity index (χ2v) is 9.59. The largest absolute Gasteiger partial charge is 0.497 e. The Bertz CT molecular complexity index is 1410. The molecule has 1 aliphatic carbocycles. The lowest BCUT2D eigenvalue weighted by molar-refractivity contribution is 0.0616. The van der Waals surface area contributed by atoms with Gasteiger partial charge < -0.3 is 14.2 Å². The molecule has 0 N–H and O–H groups in total. The summed E-state index contributed by atoms with van der Waals surface area (Å²) in [5.74, 6) is 2.42. The summed E-state index contributed by atoms with van der Waals surface area (Å²) in [6, 6.07) is 9.57. The van der Waals surface area contributed by atoms with Gasteiger partial charge in [0.15, 0.2) is 5.65 Å². The van der Waals surface area contributed by atoms with Crippen molar-refractivity contribution in [2.75, 3.05) is 33.3 Å². The van der Waals surface area contributed by atoms with E-state index >= 15 is 0 Å². The first-order valence-corrected chi connectivity index (χ1v) is 12.3. The Hall–Kier alpha value is -3.79. The van der Waals surface area contributed by atoms with E-state index in [2.05, 4.69) is 20.1 Å². The van der Waals surface area contributed by atoms with Crippen LogP contribution in [0.4, 0.5) is 0 Å². The van der Waals surface area contributed by atoms with Crippen LogP contribution in [0.2, 0.25) is 0 Å². The lowest BCUT2D eigenvalue weighted by Gasteiger charge is -2.34. The lowest BCUT2D eigenvalue weighted by atomic mass is 10.1. The molecule has 3 aromatic heterocycles. The molecule has 1 saturated heterocycles. The Labute approximate surface area is 208 Å². The third kappa shape index (κ3) is 4.21. The van der Waals surface area contributed by atoms with Gasteiger partial charge in [0.25, 0.3) is 5.91 Å². The van der Waals surface area contributed by atoms with Gasteiger partial charge >= 0.3 is 0 Å². The van der Waals surface area contributed by atoms with Crippen molar-refractivity contribution in [3.05, 3.63) is 53.2 Å². The molecule has 4 aromatic rings. The van der Waals surface area contributed by atoms with E-state index in [4.69, 9.17) is 14.2 Å². The number of nitrogens with zero attached hydrogens (tertiary/aromatic N) is 7. The van der Waals surface area contributed by atoms with Crippen molar-refractivity contribution in [2.45, 2.75) is 32.2 Å². The van der Waals surface area contributed by atoms with E-state index in [1.807, 2.05) is 49.2 Å². The van der Waals surface area contributed by atoms with E-state index in [0.717, 1.165) is 65.2 Å². The average Bonchev–Trinajstić information content (AvgIpc) is 3.59. The molecule has 36 heavy (non-hydrogen) atoms. The third-order valence-electron chi connectivity index (χ3n) is 7.05. The van der Waals surface area contributed by atoms with Gasteiger partial charge in [-0.15, -0.1) is 0 Å². The number of aryl methyl sites for hydroxylation is 2. The van der Waals surface area contributed by atoms with Crippen LogP contribution in [-0.4, -0.2) is 73.9 Å². The number of fused-ring (bicyclic) bond motifs is 1. The zero-order valence-electron chi connectivity index (χ0n) is 20.8. The molecule has 10 nitrogen and oxygen atoms in total. The Kier molecular flexibility index (Phi) is 5.67. The predicted octanol–water partition coefficient (Wildman–Crippen LogP) is 3.17. The molecule has 0 bridgehead atoms. The first-order chi connectivity index (χ1) is 17.5. The normalized spacial score (nSPS) is 16.6. The van der Waals surface area contributed by atoms with Crippen molar-refractivity contribution in [3.8, 4) is 17.1 Å². The van der Waals surface area contributed by atoms with Crippen LogP contribution >= 0.6 is 0 Å². The van der Waals surface area contributed by atoms with Crippen LogP contribution < -0.4 is 4.74 Å². The van der Waals surface area contributed by atoms with Gasteiger partial charge in [0.1, 0.15) is 5.75 Å². The van der Waals surface area contributed by atoms with Gasteiger partial charge in [-0.05, 0) is 50.1 Å². The maximum Gasteiger partial charge on any atom is 0.254 e. The van der Waals surface area contributed by atoms with E-state index in [1.54, 1.807) is 11.8 Å². The van der Waals surface area contributed by atoms with Crippen LogP contribution in [0.5, 0.6) is 5.75 Å². The van der Waals surface area contributed by atoms with Crippen molar-refractivity contribution < 1.29 is 14.1 Å². The SMILES string of the molecule is COc1ccc(-c2noc(CN3CCN(C(=O)c4cc(C5CC5)nc5c4c(C)nn5C)CC3)n2)cc1. The number of hydrogen-bond acceptors (Lipinski definition) is 8. The van der Waals surface area contributed by atoms with E-state index in [9.17, 15) is 4.79 Å². The standard InChI is InChI=1S/C26H29N7O3/c1-16-23-20(14-21(17-4-5-17)27-25(23)31(2)29-16)26(34)33-12-10-32(11-13-33)15-22-28-24(30-36-22)18-6-8-19(35-3)9-7-18/h6-9,14,17H,4-5,10-13,15H2,1-3H3. The fourth-order valence-corrected chi connectivity index (χ4v) is 4.87. The molecular formula is C26H29N7O3. The van der Waals surface area contributed by atoms with Crippen molar-refractivity contribution >= 4 is 16.9 Å². The molecule has 186 valence electrons. The molecular weight excluding hydrogens is 458 g/mol.